The summed E-state index contributed by atoms with van der Waals surface area (Å²) in [6.07, 6.45) is -0.228. The number of carbonyl (C=O) groups excluding carboxylic acids is 2. The molecular formula is C15H13NO3S. The topological polar surface area (TPSA) is 57.6 Å². The molecule has 1 N–H and O–H groups in total. The van der Waals surface area contributed by atoms with Gasteiger partial charge in [-0.15, -0.1) is 11.3 Å². The Hall–Kier alpha value is -1.98. The molecule has 102 valence electrons. The normalized spacial score (nSPS) is 21.1. The Kier molecular flexibility index (Phi) is 2.96. The Morgan fingerprint density at radius 1 is 1.30 bits per heavy atom. The Morgan fingerprint density at radius 3 is 2.75 bits per heavy atom. The van der Waals surface area contributed by atoms with Gasteiger partial charge < -0.3 is 10.0 Å². The fraction of sp³-hybridized carbons (Fsp3) is 0.200. The van der Waals surface area contributed by atoms with E-state index in [0.717, 1.165) is 0 Å². The first kappa shape index (κ1) is 13.0. The van der Waals surface area contributed by atoms with Gasteiger partial charge in [0.15, 0.2) is 11.4 Å². The number of likely N-dealkylation sites (N-methyl/N-ethyl adjacent to an activating group) is 1. The largest absolute Gasteiger partial charge is 0.375 e. The first-order chi connectivity index (χ1) is 9.54. The molecule has 2 aromatic rings. The van der Waals surface area contributed by atoms with Crippen LogP contribution in [0.25, 0.3) is 0 Å². The minimum absolute atomic E-state index is 0.221. The van der Waals surface area contributed by atoms with Gasteiger partial charge in [-0.2, -0.15) is 0 Å². The van der Waals surface area contributed by atoms with Crippen LogP contribution in [0.3, 0.4) is 0 Å². The van der Waals surface area contributed by atoms with Crippen molar-refractivity contribution in [3.8, 4) is 0 Å². The number of rotatable bonds is 3. The third kappa shape index (κ3) is 1.78. The molecule has 0 spiro atoms. The molecule has 4 nitrogen and oxygen atoms in total. The summed E-state index contributed by atoms with van der Waals surface area (Å²) in [6, 6.07) is 10.5. The minimum Gasteiger partial charge on any atom is -0.375 e. The minimum atomic E-state index is -1.76. The van der Waals surface area contributed by atoms with Crippen molar-refractivity contribution in [1.82, 2.24) is 0 Å². The highest BCUT2D eigenvalue weighted by atomic mass is 32.1. The lowest BCUT2D eigenvalue weighted by Gasteiger charge is -2.20. The Labute approximate surface area is 120 Å². The van der Waals surface area contributed by atoms with Gasteiger partial charge in [0.25, 0.3) is 5.91 Å². The van der Waals surface area contributed by atoms with E-state index in [2.05, 4.69) is 0 Å². The number of aliphatic hydroxyl groups is 1. The number of thiophene rings is 1. The lowest BCUT2D eigenvalue weighted by molar-refractivity contribution is -0.135. The molecule has 1 aromatic carbocycles. The predicted octanol–water partition coefficient (Wildman–Crippen LogP) is 2.19. The van der Waals surface area contributed by atoms with Crippen LogP contribution < -0.4 is 4.90 Å². The van der Waals surface area contributed by atoms with E-state index in [4.69, 9.17) is 0 Å². The molecule has 1 aliphatic heterocycles. The maximum absolute atomic E-state index is 12.3. The molecule has 0 unspecified atom stereocenters. The lowest BCUT2D eigenvalue weighted by atomic mass is 9.89. The van der Waals surface area contributed by atoms with E-state index in [1.54, 1.807) is 48.8 Å². The third-order valence-corrected chi connectivity index (χ3v) is 4.49. The van der Waals surface area contributed by atoms with Crippen LogP contribution in [0.4, 0.5) is 5.69 Å². The zero-order valence-corrected chi connectivity index (χ0v) is 11.7. The number of benzene rings is 1. The number of hydrogen-bond donors (Lipinski definition) is 1. The summed E-state index contributed by atoms with van der Waals surface area (Å²) in [5.74, 6) is -0.676. The van der Waals surface area contributed by atoms with E-state index < -0.39 is 11.5 Å². The van der Waals surface area contributed by atoms with Crippen LogP contribution in [0.2, 0.25) is 0 Å². The van der Waals surface area contributed by atoms with E-state index in [-0.39, 0.29) is 12.2 Å². The molecule has 0 aliphatic carbocycles. The quantitative estimate of drug-likeness (QED) is 0.880. The number of ketones is 1. The van der Waals surface area contributed by atoms with Crippen molar-refractivity contribution < 1.29 is 14.7 Å². The van der Waals surface area contributed by atoms with E-state index in [0.29, 0.717) is 16.1 Å². The zero-order valence-electron chi connectivity index (χ0n) is 10.9. The van der Waals surface area contributed by atoms with Crippen LogP contribution in [0, 0.1) is 0 Å². The smallest absolute Gasteiger partial charge is 0.263 e. The highest BCUT2D eigenvalue weighted by molar-refractivity contribution is 7.12. The monoisotopic (exact) mass is 287 g/mol. The van der Waals surface area contributed by atoms with Gasteiger partial charge in [0.1, 0.15) is 0 Å². The maximum Gasteiger partial charge on any atom is 0.263 e. The molecule has 0 saturated heterocycles. The van der Waals surface area contributed by atoms with E-state index in [1.807, 2.05) is 0 Å². The van der Waals surface area contributed by atoms with Crippen molar-refractivity contribution in [2.24, 2.45) is 0 Å². The number of hydrogen-bond acceptors (Lipinski definition) is 4. The molecule has 2 heterocycles. The summed E-state index contributed by atoms with van der Waals surface area (Å²) in [5.41, 5.74) is -0.608. The highest BCUT2D eigenvalue weighted by Crippen LogP contribution is 2.42. The van der Waals surface area contributed by atoms with Crippen molar-refractivity contribution in [3.05, 3.63) is 52.2 Å². The number of para-hydroxylation sites is 1. The maximum atomic E-state index is 12.3. The molecule has 20 heavy (non-hydrogen) atoms. The predicted molar refractivity (Wildman–Crippen MR) is 77.0 cm³/mol. The number of anilines is 1. The number of nitrogens with zero attached hydrogens (tertiary/aromatic N) is 1. The highest BCUT2D eigenvalue weighted by Gasteiger charge is 2.49. The molecule has 1 amide bonds. The van der Waals surface area contributed by atoms with Gasteiger partial charge in [0, 0.05) is 12.6 Å². The molecule has 5 heteroatoms. The number of amides is 1. The van der Waals surface area contributed by atoms with Crippen molar-refractivity contribution in [2.45, 2.75) is 12.0 Å². The van der Waals surface area contributed by atoms with Crippen molar-refractivity contribution in [3.63, 3.8) is 0 Å². The van der Waals surface area contributed by atoms with Gasteiger partial charge >= 0.3 is 0 Å². The molecule has 1 aliphatic rings. The van der Waals surface area contributed by atoms with Gasteiger partial charge in [-0.25, -0.2) is 0 Å². The van der Waals surface area contributed by atoms with E-state index >= 15 is 0 Å². The number of carbonyl (C=O) groups is 2. The number of fused-ring (bicyclic) bond motifs is 1. The Bertz CT molecular complexity index is 680. The van der Waals surface area contributed by atoms with Gasteiger partial charge in [0.2, 0.25) is 0 Å². The van der Waals surface area contributed by atoms with Crippen molar-refractivity contribution >= 4 is 28.7 Å². The molecule has 0 fully saturated rings. The third-order valence-electron chi connectivity index (χ3n) is 3.58. The fourth-order valence-electron chi connectivity index (χ4n) is 2.55. The first-order valence-electron chi connectivity index (χ1n) is 6.21. The van der Waals surface area contributed by atoms with Crippen molar-refractivity contribution in [2.75, 3.05) is 11.9 Å². The van der Waals surface area contributed by atoms with E-state index in [9.17, 15) is 14.7 Å². The molecule has 0 saturated carbocycles. The molecular weight excluding hydrogens is 274 g/mol. The second-order valence-corrected chi connectivity index (χ2v) is 5.77. The summed E-state index contributed by atoms with van der Waals surface area (Å²) >= 11 is 1.31. The summed E-state index contributed by atoms with van der Waals surface area (Å²) in [4.78, 5) is 26.5. The number of Topliss-reactive ketones (excluding diaryl/α,β-unsaturated/α-hetero) is 1. The Morgan fingerprint density at radius 2 is 2.05 bits per heavy atom. The summed E-state index contributed by atoms with van der Waals surface area (Å²) in [5, 5.41) is 12.5. The van der Waals surface area contributed by atoms with Crippen LogP contribution >= 0.6 is 11.3 Å². The average Bonchev–Trinajstić information content (AvgIpc) is 3.04. The summed E-state index contributed by atoms with van der Waals surface area (Å²) in [6.45, 7) is 0. The zero-order chi connectivity index (χ0) is 14.3. The molecule has 3 rings (SSSR count). The van der Waals surface area contributed by atoms with Gasteiger partial charge in [-0.05, 0) is 17.5 Å². The summed E-state index contributed by atoms with van der Waals surface area (Å²) < 4.78 is 0. The molecule has 0 radical (unpaired) electrons. The standard InChI is InChI=1S/C15H13NO3S/c1-16-11-6-3-2-5-10(11)15(19,14(16)18)9-12(17)13-7-4-8-20-13/h2-8,19H,9H2,1H3/t15-/m1/s1. The van der Waals surface area contributed by atoms with Gasteiger partial charge in [-0.3, -0.25) is 9.59 Å². The second-order valence-electron chi connectivity index (χ2n) is 4.82. The van der Waals surface area contributed by atoms with Gasteiger partial charge in [-0.1, -0.05) is 24.3 Å². The molecule has 1 aromatic heterocycles. The average molecular weight is 287 g/mol. The van der Waals surface area contributed by atoms with Crippen molar-refractivity contribution in [1.29, 1.82) is 0 Å². The van der Waals surface area contributed by atoms with Crippen LogP contribution in [0.1, 0.15) is 21.7 Å². The molecule has 1 atom stereocenters. The Balaban J connectivity index is 2.00. The van der Waals surface area contributed by atoms with Crippen LogP contribution in [0.5, 0.6) is 0 Å². The van der Waals surface area contributed by atoms with Crippen LogP contribution in [0.15, 0.2) is 41.8 Å². The first-order valence-corrected chi connectivity index (χ1v) is 7.09. The fourth-order valence-corrected chi connectivity index (χ4v) is 3.21. The lowest BCUT2D eigenvalue weighted by Crippen LogP contribution is -2.40. The second kappa shape index (κ2) is 4.54. The molecule has 0 bridgehead atoms. The van der Waals surface area contributed by atoms with Crippen LogP contribution in [-0.4, -0.2) is 23.8 Å². The van der Waals surface area contributed by atoms with Gasteiger partial charge in [0.05, 0.1) is 17.0 Å². The van der Waals surface area contributed by atoms with E-state index in [1.165, 1.54) is 16.2 Å². The summed E-state index contributed by atoms with van der Waals surface area (Å²) in [7, 11) is 1.61. The van der Waals surface area contributed by atoms with Crippen LogP contribution in [-0.2, 0) is 10.4 Å². The SMILES string of the molecule is CN1C(=O)[C@@](O)(CC(=O)c2cccs2)c2ccccc21.